The fourth-order valence-corrected chi connectivity index (χ4v) is 6.66. The summed E-state index contributed by atoms with van der Waals surface area (Å²) in [4.78, 5) is 19.3. The first-order valence-electron chi connectivity index (χ1n) is 16.1. The van der Waals surface area contributed by atoms with Gasteiger partial charge in [0.1, 0.15) is 29.7 Å². The number of nitrogens with zero attached hydrogens (tertiary/aromatic N) is 5. The number of aromatic amines is 1. The zero-order chi connectivity index (χ0) is 31.2. The lowest BCUT2D eigenvalue weighted by atomic mass is 9.87. The van der Waals surface area contributed by atoms with Gasteiger partial charge >= 0.3 is 0 Å². The van der Waals surface area contributed by atoms with E-state index in [1.165, 1.54) is 11.9 Å². The highest BCUT2D eigenvalue weighted by Gasteiger charge is 2.53. The van der Waals surface area contributed by atoms with Gasteiger partial charge < -0.3 is 29.7 Å². The van der Waals surface area contributed by atoms with Crippen LogP contribution in [0, 0.1) is 23.8 Å². The van der Waals surface area contributed by atoms with Crippen LogP contribution in [0.3, 0.4) is 0 Å². The molecule has 4 atom stereocenters. The van der Waals surface area contributed by atoms with Gasteiger partial charge in [-0.1, -0.05) is 32.8 Å². The summed E-state index contributed by atoms with van der Waals surface area (Å²) in [7, 11) is 0. The van der Waals surface area contributed by atoms with Gasteiger partial charge in [0.25, 0.3) is 0 Å². The van der Waals surface area contributed by atoms with Crippen molar-refractivity contribution >= 4 is 27.9 Å². The molecule has 3 aromatic heterocycles. The molecule has 44 heavy (non-hydrogen) atoms. The summed E-state index contributed by atoms with van der Waals surface area (Å²) < 4.78 is 15.0. The number of nitrogens with two attached hydrogens (primary N) is 1. The van der Waals surface area contributed by atoms with Crippen molar-refractivity contribution in [1.29, 1.82) is 0 Å². The third-order valence-electron chi connectivity index (χ3n) is 9.08. The Labute approximate surface area is 260 Å². The van der Waals surface area contributed by atoms with Gasteiger partial charge in [-0.15, -0.1) is 0 Å². The molecule has 1 unspecified atom stereocenters. The maximum Gasteiger partial charge on any atom is 0.163 e. The second kappa shape index (κ2) is 11.7. The molecule has 2 aliphatic rings. The fraction of sp³-hybridized carbons (Fsp3) is 0.571. The first kappa shape index (κ1) is 30.4. The maximum absolute atomic E-state index is 6.44. The van der Waals surface area contributed by atoms with Crippen LogP contribution in [-0.4, -0.2) is 60.0 Å². The first-order chi connectivity index (χ1) is 20.9. The summed E-state index contributed by atoms with van der Waals surface area (Å²) in [6.07, 6.45) is 7.44. The Bertz CT molecular complexity index is 1690. The molecule has 1 aromatic carbocycles. The molecule has 6 rings (SSSR count). The van der Waals surface area contributed by atoms with Crippen LogP contribution in [-0.2, 0) is 27.9 Å². The molecule has 0 spiro atoms. The van der Waals surface area contributed by atoms with Crippen LogP contribution in [0.15, 0.2) is 36.8 Å². The average molecular weight is 598 g/mol. The molecule has 4 aromatic rings. The predicted octanol–water partition coefficient (Wildman–Crippen LogP) is 6.04. The standard InChI is InChI=1S/C35H47N7O2/c1-22(2)41(15-9-8-10-29-39-27-12-11-25(34(3,4)5)19-28(27)40-29)16-13-23-18-24(31-30(23)43-35(6,7)44-31)20-42-17-14-26-32(36)37-21-38-33(26)42/h11-12,14,17,19,21-24,30-31H,8-10,15,18,20H2,1-7H3,(H,39,40)(H2,36,37,38)/t23?,24-,30+,31-/m0/s1. The summed E-state index contributed by atoms with van der Waals surface area (Å²) in [5.74, 6) is 4.91. The summed E-state index contributed by atoms with van der Waals surface area (Å²) in [5.41, 5.74) is 10.5. The lowest BCUT2D eigenvalue weighted by Crippen LogP contribution is -2.28. The first-order valence-corrected chi connectivity index (χ1v) is 16.1. The van der Waals surface area contributed by atoms with E-state index in [2.05, 4.69) is 89.2 Å². The second-order valence-electron chi connectivity index (χ2n) is 14.3. The van der Waals surface area contributed by atoms with E-state index in [0.29, 0.717) is 11.9 Å². The average Bonchev–Trinajstić information content (AvgIpc) is 3.70. The molecule has 3 N–H and O–H groups in total. The highest BCUT2D eigenvalue weighted by Crippen LogP contribution is 2.45. The molecule has 2 fully saturated rings. The molecule has 0 bridgehead atoms. The van der Waals surface area contributed by atoms with Gasteiger partial charge in [0.2, 0.25) is 0 Å². The van der Waals surface area contributed by atoms with Gasteiger partial charge in [-0.3, -0.25) is 0 Å². The SMILES string of the molecule is CC(C)N(C#CC1C[C@@H](Cn2ccc3c(N)ncnc32)[C@@H]2OC(C)(C)O[C@H]12)CCCCc1nc2ccc(C(C)(C)C)cc2[nH]1. The van der Waals surface area contributed by atoms with E-state index in [1.54, 1.807) is 0 Å². The van der Waals surface area contributed by atoms with Crippen LogP contribution in [0.1, 0.15) is 79.1 Å². The zero-order valence-electron chi connectivity index (χ0n) is 27.2. The Morgan fingerprint density at radius 1 is 1.14 bits per heavy atom. The maximum atomic E-state index is 6.44. The number of ether oxygens (including phenoxy) is 2. The number of imidazole rings is 1. The van der Waals surface area contributed by atoms with Gasteiger partial charge in [-0.25, -0.2) is 15.0 Å². The fourth-order valence-electron chi connectivity index (χ4n) is 6.66. The lowest BCUT2D eigenvalue weighted by Gasteiger charge is -2.23. The van der Waals surface area contributed by atoms with Crippen LogP contribution in [0.25, 0.3) is 22.1 Å². The number of aromatic nitrogens is 5. The quantitative estimate of drug-likeness (QED) is 0.145. The number of nitrogen functional groups attached to an aromatic ring is 1. The minimum Gasteiger partial charge on any atom is -0.383 e. The number of nitrogens with one attached hydrogen (secondary N) is 1. The minimum absolute atomic E-state index is 0.0169. The lowest BCUT2D eigenvalue weighted by molar-refractivity contribution is -0.159. The van der Waals surface area contributed by atoms with Crippen LogP contribution < -0.4 is 5.73 Å². The van der Waals surface area contributed by atoms with Gasteiger partial charge in [-0.2, -0.15) is 0 Å². The third kappa shape index (κ3) is 6.29. The number of H-pyrrole nitrogens is 1. The van der Waals surface area contributed by atoms with Crippen molar-refractivity contribution in [2.45, 2.75) is 110 Å². The van der Waals surface area contributed by atoms with E-state index in [-0.39, 0.29) is 29.5 Å². The number of hydrogen-bond acceptors (Lipinski definition) is 7. The number of rotatable bonds is 8. The molecule has 9 nitrogen and oxygen atoms in total. The Balaban J connectivity index is 1.09. The number of unbranched alkanes of at least 4 members (excludes halogenated alkanes) is 1. The van der Waals surface area contributed by atoms with E-state index in [0.717, 1.165) is 66.7 Å². The molecule has 1 aliphatic carbocycles. The highest BCUT2D eigenvalue weighted by atomic mass is 16.8. The van der Waals surface area contributed by atoms with E-state index in [4.69, 9.17) is 20.2 Å². The Morgan fingerprint density at radius 2 is 1.93 bits per heavy atom. The molecule has 0 amide bonds. The number of anilines is 1. The monoisotopic (exact) mass is 597 g/mol. The van der Waals surface area contributed by atoms with Crippen LogP contribution in [0.2, 0.25) is 0 Å². The summed E-state index contributed by atoms with van der Waals surface area (Å²) in [6, 6.07) is 12.4. The van der Waals surface area contributed by atoms with Crippen molar-refractivity contribution < 1.29 is 9.47 Å². The van der Waals surface area contributed by atoms with E-state index in [1.807, 2.05) is 26.1 Å². The van der Waals surface area contributed by atoms with E-state index < -0.39 is 5.79 Å². The molecule has 1 saturated heterocycles. The Morgan fingerprint density at radius 3 is 2.70 bits per heavy atom. The van der Waals surface area contributed by atoms with E-state index in [9.17, 15) is 0 Å². The molecule has 4 heterocycles. The molecule has 1 aliphatic heterocycles. The van der Waals surface area contributed by atoms with Crippen LogP contribution in [0.4, 0.5) is 5.82 Å². The number of hydrogen-bond donors (Lipinski definition) is 2. The number of fused-ring (bicyclic) bond motifs is 3. The topological polar surface area (TPSA) is 107 Å². The van der Waals surface area contributed by atoms with Crippen LogP contribution in [0.5, 0.6) is 0 Å². The molecule has 234 valence electrons. The Kier molecular flexibility index (Phi) is 8.10. The van der Waals surface area contributed by atoms with Crippen LogP contribution >= 0.6 is 0 Å². The minimum atomic E-state index is -0.623. The predicted molar refractivity (Wildman–Crippen MR) is 175 cm³/mol. The van der Waals surface area contributed by atoms with Crippen molar-refractivity contribution in [1.82, 2.24) is 29.4 Å². The normalized spacial score (nSPS) is 22.9. The zero-order valence-corrected chi connectivity index (χ0v) is 27.2. The van der Waals surface area contributed by atoms with Crippen molar-refractivity contribution in [3.8, 4) is 12.0 Å². The highest BCUT2D eigenvalue weighted by molar-refractivity contribution is 5.86. The van der Waals surface area contributed by atoms with Gasteiger partial charge in [0.05, 0.1) is 28.4 Å². The molecular weight excluding hydrogens is 550 g/mol. The molecule has 0 radical (unpaired) electrons. The van der Waals surface area contributed by atoms with Crippen molar-refractivity contribution in [2.75, 3.05) is 12.3 Å². The van der Waals surface area contributed by atoms with Crippen molar-refractivity contribution in [2.24, 2.45) is 11.8 Å². The summed E-state index contributed by atoms with van der Waals surface area (Å²) >= 11 is 0. The summed E-state index contributed by atoms with van der Waals surface area (Å²) in [5, 5.41) is 0.880. The molecular formula is C35H47N7O2. The smallest absolute Gasteiger partial charge is 0.163 e. The Hall–Kier alpha value is -3.61. The second-order valence-corrected chi connectivity index (χ2v) is 14.3. The number of benzene rings is 1. The van der Waals surface area contributed by atoms with Crippen molar-refractivity contribution in [3.05, 3.63) is 48.2 Å². The molecule has 9 heteroatoms. The van der Waals surface area contributed by atoms with Crippen molar-refractivity contribution in [3.63, 3.8) is 0 Å². The van der Waals surface area contributed by atoms with Gasteiger partial charge in [-0.05, 0) is 76.1 Å². The third-order valence-corrected chi connectivity index (χ3v) is 9.08. The molecule has 1 saturated carbocycles. The van der Waals surface area contributed by atoms with E-state index >= 15 is 0 Å². The summed E-state index contributed by atoms with van der Waals surface area (Å²) in [6.45, 7) is 16.8. The largest absolute Gasteiger partial charge is 0.383 e. The van der Waals surface area contributed by atoms with Gasteiger partial charge in [0.15, 0.2) is 5.79 Å². The van der Waals surface area contributed by atoms with Gasteiger partial charge in [0, 0.05) is 43.7 Å². The number of aryl methyl sites for hydroxylation is 1.